The van der Waals surface area contributed by atoms with Crippen molar-refractivity contribution in [2.75, 3.05) is 26.7 Å². The third-order valence-electron chi connectivity index (χ3n) is 3.84. The molecule has 4 heteroatoms. The third kappa shape index (κ3) is 2.49. The Morgan fingerprint density at radius 3 is 2.80 bits per heavy atom. The van der Waals surface area contributed by atoms with Crippen LogP contribution in [0, 0.1) is 11.8 Å². The zero-order valence-electron chi connectivity index (χ0n) is 9.28. The Bertz CT molecular complexity index is 245. The highest BCUT2D eigenvalue weighted by atomic mass is 16.4. The first kappa shape index (κ1) is 10.9. The Balaban J connectivity index is 1.90. The SMILES string of the molecule is CN1CCC(C2CCNC(C(=O)O)C2)C1. The van der Waals surface area contributed by atoms with Gasteiger partial charge in [0.05, 0.1) is 0 Å². The minimum atomic E-state index is -0.689. The minimum Gasteiger partial charge on any atom is -0.480 e. The fourth-order valence-electron chi connectivity index (χ4n) is 2.92. The van der Waals surface area contributed by atoms with E-state index < -0.39 is 5.97 Å². The lowest BCUT2D eigenvalue weighted by atomic mass is 9.81. The van der Waals surface area contributed by atoms with Crippen LogP contribution >= 0.6 is 0 Å². The van der Waals surface area contributed by atoms with Crippen LogP contribution in [0.1, 0.15) is 19.3 Å². The van der Waals surface area contributed by atoms with Crippen molar-refractivity contribution in [1.82, 2.24) is 10.2 Å². The molecule has 2 fully saturated rings. The van der Waals surface area contributed by atoms with Gasteiger partial charge in [0.25, 0.3) is 0 Å². The Labute approximate surface area is 90.6 Å². The van der Waals surface area contributed by atoms with Crippen molar-refractivity contribution in [3.63, 3.8) is 0 Å². The second-order valence-electron chi connectivity index (χ2n) is 4.94. The summed E-state index contributed by atoms with van der Waals surface area (Å²) in [6.07, 6.45) is 3.20. The lowest BCUT2D eigenvalue weighted by molar-refractivity contribution is -0.140. The highest BCUT2D eigenvalue weighted by Gasteiger charge is 2.33. The number of nitrogens with one attached hydrogen (secondary N) is 1. The number of carboxylic acid groups (broad SMARTS) is 1. The van der Waals surface area contributed by atoms with E-state index in [2.05, 4.69) is 17.3 Å². The third-order valence-corrected chi connectivity index (χ3v) is 3.84. The van der Waals surface area contributed by atoms with Crippen molar-refractivity contribution < 1.29 is 9.90 Å². The standard InChI is InChI=1S/C11H20N2O2/c1-13-5-3-9(7-13)8-2-4-12-10(6-8)11(14)15/h8-10,12H,2-7H2,1H3,(H,14,15). The molecule has 0 aromatic heterocycles. The maximum absolute atomic E-state index is 10.9. The molecule has 15 heavy (non-hydrogen) atoms. The van der Waals surface area contributed by atoms with E-state index in [1.165, 1.54) is 13.0 Å². The van der Waals surface area contributed by atoms with E-state index in [1.807, 2.05) is 0 Å². The van der Waals surface area contributed by atoms with E-state index in [4.69, 9.17) is 5.11 Å². The molecule has 0 spiro atoms. The molecular formula is C11H20N2O2. The predicted octanol–water partition coefficient (Wildman–Crippen LogP) is 0.391. The van der Waals surface area contributed by atoms with Gasteiger partial charge in [-0.25, -0.2) is 0 Å². The molecule has 2 aliphatic rings. The van der Waals surface area contributed by atoms with Crippen molar-refractivity contribution in [1.29, 1.82) is 0 Å². The molecule has 0 aliphatic carbocycles. The summed E-state index contributed by atoms with van der Waals surface area (Å²) in [5.74, 6) is 0.641. The van der Waals surface area contributed by atoms with Crippen molar-refractivity contribution in [2.24, 2.45) is 11.8 Å². The molecule has 0 saturated carbocycles. The summed E-state index contributed by atoms with van der Waals surface area (Å²) in [6.45, 7) is 3.19. The summed E-state index contributed by atoms with van der Waals surface area (Å²) in [4.78, 5) is 13.3. The summed E-state index contributed by atoms with van der Waals surface area (Å²) in [6, 6.07) is -0.311. The summed E-state index contributed by atoms with van der Waals surface area (Å²) in [5.41, 5.74) is 0. The number of carboxylic acids is 1. The first-order valence-electron chi connectivity index (χ1n) is 5.81. The van der Waals surface area contributed by atoms with Gasteiger partial charge in [0.1, 0.15) is 6.04 Å². The largest absolute Gasteiger partial charge is 0.480 e. The van der Waals surface area contributed by atoms with Gasteiger partial charge in [0.2, 0.25) is 0 Å². The molecule has 4 nitrogen and oxygen atoms in total. The number of aliphatic carboxylic acids is 1. The zero-order chi connectivity index (χ0) is 10.8. The van der Waals surface area contributed by atoms with Crippen LogP contribution in [0.3, 0.4) is 0 Å². The van der Waals surface area contributed by atoms with Crippen LogP contribution in [-0.2, 0) is 4.79 Å². The number of hydrogen-bond donors (Lipinski definition) is 2. The van der Waals surface area contributed by atoms with Gasteiger partial charge in [0, 0.05) is 6.54 Å². The van der Waals surface area contributed by atoms with E-state index in [9.17, 15) is 4.79 Å². The zero-order valence-corrected chi connectivity index (χ0v) is 9.28. The summed E-state index contributed by atoms with van der Waals surface area (Å²) in [5, 5.41) is 12.0. The molecule has 0 amide bonds. The fourth-order valence-corrected chi connectivity index (χ4v) is 2.92. The van der Waals surface area contributed by atoms with Gasteiger partial charge >= 0.3 is 5.97 Å². The normalized spacial score (nSPS) is 38.1. The monoisotopic (exact) mass is 212 g/mol. The Kier molecular flexibility index (Phi) is 3.26. The van der Waals surface area contributed by atoms with Crippen LogP contribution < -0.4 is 5.32 Å². The highest BCUT2D eigenvalue weighted by molar-refractivity contribution is 5.73. The topological polar surface area (TPSA) is 52.6 Å². The van der Waals surface area contributed by atoms with Crippen LogP contribution in [0.15, 0.2) is 0 Å². The van der Waals surface area contributed by atoms with Crippen LogP contribution in [0.5, 0.6) is 0 Å². The van der Waals surface area contributed by atoms with Gasteiger partial charge in [-0.15, -0.1) is 0 Å². The molecule has 0 aromatic carbocycles. The molecule has 2 rings (SSSR count). The minimum absolute atomic E-state index is 0.311. The quantitative estimate of drug-likeness (QED) is 0.695. The first-order chi connectivity index (χ1) is 7.16. The fraction of sp³-hybridized carbons (Fsp3) is 0.909. The second kappa shape index (κ2) is 4.49. The molecule has 3 atom stereocenters. The number of hydrogen-bond acceptors (Lipinski definition) is 3. The van der Waals surface area contributed by atoms with E-state index in [0.717, 1.165) is 31.8 Å². The Morgan fingerprint density at radius 1 is 1.40 bits per heavy atom. The molecule has 86 valence electrons. The molecule has 2 N–H and O–H groups in total. The van der Waals surface area contributed by atoms with Gasteiger partial charge in [-0.3, -0.25) is 4.79 Å². The van der Waals surface area contributed by atoms with E-state index in [-0.39, 0.29) is 6.04 Å². The van der Waals surface area contributed by atoms with Gasteiger partial charge in [-0.1, -0.05) is 0 Å². The molecule has 2 aliphatic heterocycles. The lowest BCUT2D eigenvalue weighted by Gasteiger charge is -2.31. The highest BCUT2D eigenvalue weighted by Crippen LogP contribution is 2.31. The first-order valence-corrected chi connectivity index (χ1v) is 5.81. The van der Waals surface area contributed by atoms with Crippen molar-refractivity contribution >= 4 is 5.97 Å². The van der Waals surface area contributed by atoms with Crippen molar-refractivity contribution in [3.8, 4) is 0 Å². The average molecular weight is 212 g/mol. The number of nitrogens with zero attached hydrogens (tertiary/aromatic N) is 1. The summed E-state index contributed by atoms with van der Waals surface area (Å²) >= 11 is 0. The number of likely N-dealkylation sites (tertiary alicyclic amines) is 1. The lowest BCUT2D eigenvalue weighted by Crippen LogP contribution is -2.45. The van der Waals surface area contributed by atoms with Gasteiger partial charge in [-0.2, -0.15) is 0 Å². The van der Waals surface area contributed by atoms with Gasteiger partial charge in [0.15, 0.2) is 0 Å². The Morgan fingerprint density at radius 2 is 2.20 bits per heavy atom. The van der Waals surface area contributed by atoms with Crippen LogP contribution in [0.25, 0.3) is 0 Å². The molecule has 0 bridgehead atoms. The number of carbonyl (C=O) groups is 1. The van der Waals surface area contributed by atoms with Crippen molar-refractivity contribution in [2.45, 2.75) is 25.3 Å². The smallest absolute Gasteiger partial charge is 0.320 e. The van der Waals surface area contributed by atoms with E-state index in [0.29, 0.717) is 5.92 Å². The molecule has 3 unspecified atom stereocenters. The van der Waals surface area contributed by atoms with Crippen LogP contribution in [0.2, 0.25) is 0 Å². The van der Waals surface area contributed by atoms with Crippen molar-refractivity contribution in [3.05, 3.63) is 0 Å². The molecule has 2 heterocycles. The van der Waals surface area contributed by atoms with Gasteiger partial charge in [-0.05, 0) is 51.2 Å². The molecule has 2 saturated heterocycles. The van der Waals surface area contributed by atoms with E-state index in [1.54, 1.807) is 0 Å². The number of rotatable bonds is 2. The predicted molar refractivity (Wildman–Crippen MR) is 57.8 cm³/mol. The second-order valence-corrected chi connectivity index (χ2v) is 4.94. The van der Waals surface area contributed by atoms with Crippen LogP contribution in [0.4, 0.5) is 0 Å². The molecule has 0 radical (unpaired) electrons. The maximum Gasteiger partial charge on any atom is 0.320 e. The summed E-state index contributed by atoms with van der Waals surface area (Å²) in [7, 11) is 2.15. The number of piperidine rings is 1. The van der Waals surface area contributed by atoms with E-state index >= 15 is 0 Å². The van der Waals surface area contributed by atoms with Crippen LogP contribution in [-0.4, -0.2) is 48.7 Å². The maximum atomic E-state index is 10.9. The Hall–Kier alpha value is -0.610. The molecular weight excluding hydrogens is 192 g/mol. The van der Waals surface area contributed by atoms with Gasteiger partial charge < -0.3 is 15.3 Å². The molecule has 0 aromatic rings. The summed E-state index contributed by atoms with van der Waals surface area (Å²) < 4.78 is 0. The average Bonchev–Trinajstić information content (AvgIpc) is 2.65.